The number of phosphoric ester groups is 1. The Morgan fingerprint density at radius 2 is 2.13 bits per heavy atom. The number of hydrogen-bond acceptors (Lipinski definition) is 4. The van der Waals surface area contributed by atoms with Gasteiger partial charge in [-0.25, -0.2) is 4.57 Å². The number of nitrogens with zero attached hydrogens (tertiary/aromatic N) is 3. The smallest absolute Gasteiger partial charge is 0.336 e. The van der Waals surface area contributed by atoms with Crippen LogP contribution in [0, 0.1) is 0 Å². The molecule has 7 nitrogen and oxygen atoms in total. The topological polar surface area (TPSA) is 105 Å². The Hall–Kier alpha value is -1.52. The molecule has 80 valence electrons. The lowest BCUT2D eigenvalue weighted by molar-refractivity contribution is 0.145. The normalized spacial score (nSPS) is 13.7. The first-order valence-electron chi connectivity index (χ1n) is 3.88. The molecule has 0 fully saturated rings. The van der Waals surface area contributed by atoms with Crippen molar-refractivity contribution in [1.82, 2.24) is 0 Å². The van der Waals surface area contributed by atoms with E-state index in [9.17, 15) is 4.57 Å². The number of rotatable bonds is 5. The SMILES string of the molecule is [N-]=[N+]=NOP(=O)(O)OCc1ccccc1. The monoisotopic (exact) mass is 229 g/mol. The molecular weight excluding hydrogens is 221 g/mol. The lowest BCUT2D eigenvalue weighted by Gasteiger charge is -2.07. The lowest BCUT2D eigenvalue weighted by Crippen LogP contribution is -1.92. The molecule has 0 aromatic heterocycles. The van der Waals surface area contributed by atoms with Crippen molar-refractivity contribution in [2.24, 2.45) is 5.28 Å². The average molecular weight is 229 g/mol. The van der Waals surface area contributed by atoms with E-state index in [0.717, 1.165) is 0 Å². The Morgan fingerprint density at radius 1 is 1.47 bits per heavy atom. The van der Waals surface area contributed by atoms with Crippen LogP contribution < -0.4 is 0 Å². The van der Waals surface area contributed by atoms with Crippen LogP contribution in [-0.4, -0.2) is 4.89 Å². The molecule has 0 bridgehead atoms. The Kier molecular flexibility index (Phi) is 4.15. The molecule has 0 aliphatic rings. The largest absolute Gasteiger partial charge is 0.533 e. The third-order valence-corrected chi connectivity index (χ3v) is 2.15. The van der Waals surface area contributed by atoms with E-state index in [2.05, 4.69) is 19.3 Å². The highest BCUT2D eigenvalue weighted by Gasteiger charge is 2.21. The van der Waals surface area contributed by atoms with Crippen molar-refractivity contribution >= 4 is 7.82 Å². The van der Waals surface area contributed by atoms with Crippen molar-refractivity contribution in [2.45, 2.75) is 6.61 Å². The van der Waals surface area contributed by atoms with Gasteiger partial charge in [0.1, 0.15) is 5.28 Å². The van der Waals surface area contributed by atoms with Gasteiger partial charge in [0.25, 0.3) is 0 Å². The van der Waals surface area contributed by atoms with Crippen LogP contribution in [-0.2, 0) is 20.3 Å². The maximum absolute atomic E-state index is 11.0. The van der Waals surface area contributed by atoms with E-state index >= 15 is 0 Å². The minimum atomic E-state index is -4.29. The van der Waals surface area contributed by atoms with Gasteiger partial charge in [-0.1, -0.05) is 30.3 Å². The molecule has 0 spiro atoms. The van der Waals surface area contributed by atoms with Gasteiger partial charge in [-0.2, -0.15) is 0 Å². The van der Waals surface area contributed by atoms with Gasteiger partial charge in [-0.05, 0) is 11.1 Å². The first-order valence-corrected chi connectivity index (χ1v) is 5.38. The molecule has 0 saturated heterocycles. The molecule has 1 N–H and O–H groups in total. The fraction of sp³-hybridized carbons (Fsp3) is 0.143. The van der Waals surface area contributed by atoms with E-state index in [-0.39, 0.29) is 6.61 Å². The van der Waals surface area contributed by atoms with Gasteiger partial charge in [0.2, 0.25) is 0 Å². The van der Waals surface area contributed by atoms with Crippen molar-refractivity contribution in [3.8, 4) is 0 Å². The molecular formula is C7H8N3O4P. The first-order chi connectivity index (χ1) is 7.14. The van der Waals surface area contributed by atoms with Crippen molar-refractivity contribution in [3.05, 3.63) is 46.3 Å². The second-order valence-corrected chi connectivity index (χ2v) is 3.84. The van der Waals surface area contributed by atoms with Crippen molar-refractivity contribution in [1.29, 1.82) is 0 Å². The zero-order valence-electron chi connectivity index (χ0n) is 7.55. The van der Waals surface area contributed by atoms with Gasteiger partial charge in [0, 0.05) is 4.91 Å². The number of benzene rings is 1. The van der Waals surface area contributed by atoms with Crippen LogP contribution in [0.15, 0.2) is 35.6 Å². The lowest BCUT2D eigenvalue weighted by atomic mass is 10.2. The molecule has 1 aromatic carbocycles. The molecule has 0 heterocycles. The summed E-state index contributed by atoms with van der Waals surface area (Å²) in [5.74, 6) is 0. The van der Waals surface area contributed by atoms with Crippen LogP contribution in [0.4, 0.5) is 0 Å². The van der Waals surface area contributed by atoms with Crippen LogP contribution in [0.1, 0.15) is 5.56 Å². The van der Waals surface area contributed by atoms with E-state index in [1.54, 1.807) is 30.3 Å². The first kappa shape index (κ1) is 11.6. The van der Waals surface area contributed by atoms with Crippen LogP contribution in [0.3, 0.4) is 0 Å². The van der Waals surface area contributed by atoms with Crippen LogP contribution in [0.25, 0.3) is 10.4 Å². The minimum absolute atomic E-state index is 0.102. The van der Waals surface area contributed by atoms with Crippen LogP contribution in [0.5, 0.6) is 0 Å². The zero-order valence-corrected chi connectivity index (χ0v) is 8.45. The molecule has 0 amide bonds. The summed E-state index contributed by atoms with van der Waals surface area (Å²) in [6, 6.07) is 8.75. The predicted molar refractivity (Wildman–Crippen MR) is 51.3 cm³/mol. The number of azide groups is 1. The summed E-state index contributed by atoms with van der Waals surface area (Å²) in [4.78, 5) is 11.1. The van der Waals surface area contributed by atoms with E-state index in [0.29, 0.717) is 5.56 Å². The van der Waals surface area contributed by atoms with Crippen molar-refractivity contribution < 1.29 is 18.6 Å². The summed E-state index contributed by atoms with van der Waals surface area (Å²) in [6.07, 6.45) is 0. The molecule has 8 heteroatoms. The predicted octanol–water partition coefficient (Wildman–Crippen LogP) is 2.55. The highest BCUT2D eigenvalue weighted by Crippen LogP contribution is 2.44. The average Bonchev–Trinajstić information content (AvgIpc) is 2.25. The van der Waals surface area contributed by atoms with E-state index in [4.69, 9.17) is 10.4 Å². The molecule has 0 radical (unpaired) electrons. The van der Waals surface area contributed by atoms with E-state index in [1.165, 1.54) is 0 Å². The second-order valence-electron chi connectivity index (χ2n) is 2.48. The van der Waals surface area contributed by atoms with Crippen molar-refractivity contribution in [3.63, 3.8) is 0 Å². The third kappa shape index (κ3) is 4.49. The Labute approximate surface area is 85.5 Å². The summed E-state index contributed by atoms with van der Waals surface area (Å²) in [7, 11) is -4.29. The summed E-state index contributed by atoms with van der Waals surface area (Å²) < 4.78 is 19.4. The molecule has 1 unspecified atom stereocenters. The summed E-state index contributed by atoms with van der Waals surface area (Å²) in [6.45, 7) is -0.102. The second kappa shape index (κ2) is 5.38. The maximum Gasteiger partial charge on any atom is 0.533 e. The molecule has 0 aliphatic heterocycles. The standard InChI is InChI=1S/C7H8N3O4P/c8-9-10-14-15(11,12)13-6-7-4-2-1-3-5-7/h1-5H,6H2,(H,11,12). The van der Waals surface area contributed by atoms with Gasteiger partial charge in [0.15, 0.2) is 0 Å². The summed E-state index contributed by atoms with van der Waals surface area (Å²) in [5.41, 5.74) is 8.57. The Bertz CT molecular complexity index is 404. The summed E-state index contributed by atoms with van der Waals surface area (Å²) >= 11 is 0. The number of hydrogen-bond donors (Lipinski definition) is 1. The molecule has 1 rings (SSSR count). The third-order valence-electron chi connectivity index (χ3n) is 1.41. The Balaban J connectivity index is 2.49. The van der Waals surface area contributed by atoms with Crippen molar-refractivity contribution in [2.75, 3.05) is 0 Å². The van der Waals surface area contributed by atoms with Gasteiger partial charge in [-0.3, -0.25) is 9.42 Å². The van der Waals surface area contributed by atoms with E-state index in [1.807, 2.05) is 0 Å². The molecule has 1 aromatic rings. The minimum Gasteiger partial charge on any atom is -0.336 e. The van der Waals surface area contributed by atoms with Gasteiger partial charge in [0.05, 0.1) is 6.61 Å². The molecule has 0 aliphatic carbocycles. The highest BCUT2D eigenvalue weighted by molar-refractivity contribution is 7.47. The molecule has 0 saturated carbocycles. The number of phosphoric acid groups is 1. The fourth-order valence-electron chi connectivity index (χ4n) is 0.816. The van der Waals surface area contributed by atoms with Crippen LogP contribution in [0.2, 0.25) is 0 Å². The molecule has 1 atom stereocenters. The van der Waals surface area contributed by atoms with Gasteiger partial charge >= 0.3 is 7.82 Å². The maximum atomic E-state index is 11.0. The van der Waals surface area contributed by atoms with E-state index < -0.39 is 7.82 Å². The molecule has 15 heavy (non-hydrogen) atoms. The quantitative estimate of drug-likeness (QED) is 0.275. The highest BCUT2D eigenvalue weighted by atomic mass is 31.2. The fourth-order valence-corrected chi connectivity index (χ4v) is 1.30. The zero-order chi connectivity index (χ0) is 11.1. The van der Waals surface area contributed by atoms with Gasteiger partial charge in [-0.15, -0.1) is 0 Å². The Morgan fingerprint density at radius 3 is 2.73 bits per heavy atom. The van der Waals surface area contributed by atoms with Crippen LogP contribution >= 0.6 is 7.82 Å². The van der Waals surface area contributed by atoms with Gasteiger partial charge < -0.3 is 4.62 Å². The summed E-state index contributed by atoms with van der Waals surface area (Å²) in [5, 5.41) is 2.50.